The molecule has 2 heterocycles. The molecule has 0 saturated carbocycles. The average Bonchev–Trinajstić information content (AvgIpc) is 2.80. The molecule has 1 aromatic carbocycles. The molecule has 1 aliphatic rings. The van der Waals surface area contributed by atoms with E-state index >= 15 is 0 Å². The molecule has 0 radical (unpaired) electrons. The standard InChI is InChI=1S/C12H15N3O2/c1-2-4-11-10(3-1)14-12(15-11)13-7-9-8-16-5-6-17-9/h1-4,9H,5-8H2,(H2,13,14,15). The van der Waals surface area contributed by atoms with Gasteiger partial charge in [-0.25, -0.2) is 4.98 Å². The van der Waals surface area contributed by atoms with E-state index in [2.05, 4.69) is 15.3 Å². The van der Waals surface area contributed by atoms with Crippen molar-refractivity contribution in [2.45, 2.75) is 6.10 Å². The second-order valence-electron chi connectivity index (χ2n) is 4.05. The highest BCUT2D eigenvalue weighted by Gasteiger charge is 2.14. The van der Waals surface area contributed by atoms with E-state index in [-0.39, 0.29) is 6.10 Å². The Balaban J connectivity index is 1.64. The fourth-order valence-corrected chi connectivity index (χ4v) is 1.90. The van der Waals surface area contributed by atoms with Crippen LogP contribution >= 0.6 is 0 Å². The maximum absolute atomic E-state index is 5.54. The zero-order valence-corrected chi connectivity index (χ0v) is 9.48. The van der Waals surface area contributed by atoms with Crippen molar-refractivity contribution in [2.24, 2.45) is 0 Å². The molecule has 5 heteroatoms. The molecule has 1 saturated heterocycles. The molecule has 17 heavy (non-hydrogen) atoms. The molecule has 0 amide bonds. The van der Waals surface area contributed by atoms with Gasteiger partial charge in [0, 0.05) is 6.54 Å². The first-order valence-electron chi connectivity index (χ1n) is 5.80. The number of para-hydroxylation sites is 2. The Bertz CT molecular complexity index is 458. The van der Waals surface area contributed by atoms with Crippen LogP contribution in [0.15, 0.2) is 24.3 Å². The average molecular weight is 233 g/mol. The van der Waals surface area contributed by atoms with Crippen LogP contribution in [0.3, 0.4) is 0 Å². The Morgan fingerprint density at radius 1 is 1.35 bits per heavy atom. The minimum absolute atomic E-state index is 0.108. The highest BCUT2D eigenvalue weighted by atomic mass is 16.6. The van der Waals surface area contributed by atoms with Crippen molar-refractivity contribution in [3.05, 3.63) is 24.3 Å². The van der Waals surface area contributed by atoms with Gasteiger partial charge in [0.2, 0.25) is 5.95 Å². The number of rotatable bonds is 3. The number of imidazole rings is 1. The predicted octanol–water partition coefficient (Wildman–Crippen LogP) is 1.39. The Kier molecular flexibility index (Phi) is 2.94. The van der Waals surface area contributed by atoms with Gasteiger partial charge in [0.25, 0.3) is 0 Å². The minimum Gasteiger partial charge on any atom is -0.376 e. The molecule has 0 aliphatic carbocycles. The maximum Gasteiger partial charge on any atom is 0.201 e. The molecule has 1 aromatic heterocycles. The van der Waals surface area contributed by atoms with E-state index in [0.29, 0.717) is 26.4 Å². The summed E-state index contributed by atoms with van der Waals surface area (Å²) >= 11 is 0. The highest BCUT2D eigenvalue weighted by molar-refractivity contribution is 5.77. The lowest BCUT2D eigenvalue weighted by molar-refractivity contribution is -0.0819. The summed E-state index contributed by atoms with van der Waals surface area (Å²) in [5, 5.41) is 3.23. The van der Waals surface area contributed by atoms with E-state index in [0.717, 1.165) is 17.0 Å². The van der Waals surface area contributed by atoms with E-state index < -0.39 is 0 Å². The van der Waals surface area contributed by atoms with Gasteiger partial charge in [0.15, 0.2) is 0 Å². The quantitative estimate of drug-likeness (QED) is 0.841. The number of nitrogens with one attached hydrogen (secondary N) is 2. The number of aromatic nitrogens is 2. The summed E-state index contributed by atoms with van der Waals surface area (Å²) in [6.45, 7) is 2.72. The second-order valence-corrected chi connectivity index (χ2v) is 4.05. The van der Waals surface area contributed by atoms with Crippen molar-refractivity contribution in [2.75, 3.05) is 31.7 Å². The van der Waals surface area contributed by atoms with Crippen molar-refractivity contribution in [1.29, 1.82) is 0 Å². The zero-order chi connectivity index (χ0) is 11.5. The number of anilines is 1. The molecule has 3 rings (SSSR count). The van der Waals surface area contributed by atoms with Crippen LogP contribution in [-0.4, -0.2) is 42.4 Å². The normalized spacial score (nSPS) is 20.6. The number of fused-ring (bicyclic) bond motifs is 1. The van der Waals surface area contributed by atoms with E-state index in [4.69, 9.17) is 9.47 Å². The third-order valence-electron chi connectivity index (χ3n) is 2.77. The van der Waals surface area contributed by atoms with Crippen molar-refractivity contribution < 1.29 is 9.47 Å². The minimum atomic E-state index is 0.108. The molecular weight excluding hydrogens is 218 g/mol. The van der Waals surface area contributed by atoms with Gasteiger partial charge in [-0.15, -0.1) is 0 Å². The first kappa shape index (κ1) is 10.6. The summed E-state index contributed by atoms with van der Waals surface area (Å²) in [5.74, 6) is 0.778. The van der Waals surface area contributed by atoms with Gasteiger partial charge in [-0.3, -0.25) is 0 Å². The SMILES string of the molecule is c1ccc2[nH]c(NCC3COCCO3)nc2c1. The lowest BCUT2D eigenvalue weighted by atomic mass is 10.3. The van der Waals surface area contributed by atoms with E-state index in [9.17, 15) is 0 Å². The van der Waals surface area contributed by atoms with Gasteiger partial charge in [0.1, 0.15) is 0 Å². The first-order valence-corrected chi connectivity index (χ1v) is 5.80. The molecule has 1 aliphatic heterocycles. The number of nitrogens with zero attached hydrogens (tertiary/aromatic N) is 1. The molecular formula is C12H15N3O2. The molecule has 90 valence electrons. The summed E-state index contributed by atoms with van der Waals surface area (Å²) < 4.78 is 10.9. The smallest absolute Gasteiger partial charge is 0.201 e. The van der Waals surface area contributed by atoms with Gasteiger partial charge >= 0.3 is 0 Å². The van der Waals surface area contributed by atoms with E-state index in [1.807, 2.05) is 24.3 Å². The summed E-state index contributed by atoms with van der Waals surface area (Å²) in [6.07, 6.45) is 0.108. The van der Waals surface area contributed by atoms with Crippen LogP contribution in [0.5, 0.6) is 0 Å². The second kappa shape index (κ2) is 4.73. The lowest BCUT2D eigenvalue weighted by Gasteiger charge is -2.22. The van der Waals surface area contributed by atoms with Gasteiger partial charge in [-0.1, -0.05) is 12.1 Å². The van der Waals surface area contributed by atoms with Gasteiger partial charge in [0.05, 0.1) is 37.0 Å². The molecule has 2 aromatic rings. The molecule has 5 nitrogen and oxygen atoms in total. The molecule has 0 spiro atoms. The van der Waals surface area contributed by atoms with Crippen molar-refractivity contribution in [3.63, 3.8) is 0 Å². The van der Waals surface area contributed by atoms with Crippen LogP contribution in [0.1, 0.15) is 0 Å². The first-order chi connectivity index (χ1) is 8.42. The topological polar surface area (TPSA) is 59.2 Å². The van der Waals surface area contributed by atoms with Crippen molar-refractivity contribution in [3.8, 4) is 0 Å². The van der Waals surface area contributed by atoms with Crippen LogP contribution in [0, 0.1) is 0 Å². The number of aromatic amines is 1. The van der Waals surface area contributed by atoms with Crippen molar-refractivity contribution >= 4 is 17.0 Å². The molecule has 1 unspecified atom stereocenters. The number of ether oxygens (including phenoxy) is 2. The summed E-state index contributed by atoms with van der Waals surface area (Å²) in [7, 11) is 0. The Labute approximate surface area is 99.1 Å². The number of benzene rings is 1. The molecule has 2 N–H and O–H groups in total. The van der Waals surface area contributed by atoms with Crippen LogP contribution in [0.2, 0.25) is 0 Å². The van der Waals surface area contributed by atoms with E-state index in [1.54, 1.807) is 0 Å². The highest BCUT2D eigenvalue weighted by Crippen LogP contribution is 2.13. The summed E-state index contributed by atoms with van der Waals surface area (Å²) in [4.78, 5) is 7.65. The Morgan fingerprint density at radius 2 is 2.29 bits per heavy atom. The number of hydrogen-bond acceptors (Lipinski definition) is 4. The van der Waals surface area contributed by atoms with Gasteiger partial charge < -0.3 is 19.8 Å². The van der Waals surface area contributed by atoms with Crippen LogP contribution < -0.4 is 5.32 Å². The molecule has 1 atom stereocenters. The fourth-order valence-electron chi connectivity index (χ4n) is 1.90. The van der Waals surface area contributed by atoms with Crippen LogP contribution in [0.25, 0.3) is 11.0 Å². The molecule has 1 fully saturated rings. The maximum atomic E-state index is 5.54. The Hall–Kier alpha value is -1.59. The molecule has 0 bridgehead atoms. The predicted molar refractivity (Wildman–Crippen MR) is 65.1 cm³/mol. The summed E-state index contributed by atoms with van der Waals surface area (Å²) in [5.41, 5.74) is 2.01. The van der Waals surface area contributed by atoms with Crippen LogP contribution in [0.4, 0.5) is 5.95 Å². The van der Waals surface area contributed by atoms with E-state index in [1.165, 1.54) is 0 Å². The number of hydrogen-bond donors (Lipinski definition) is 2. The van der Waals surface area contributed by atoms with Crippen LogP contribution in [-0.2, 0) is 9.47 Å². The van der Waals surface area contributed by atoms with Gasteiger partial charge in [-0.05, 0) is 12.1 Å². The number of H-pyrrole nitrogens is 1. The van der Waals surface area contributed by atoms with Crippen molar-refractivity contribution in [1.82, 2.24) is 9.97 Å². The Morgan fingerprint density at radius 3 is 3.12 bits per heavy atom. The largest absolute Gasteiger partial charge is 0.376 e. The third-order valence-corrected chi connectivity index (χ3v) is 2.77. The fraction of sp³-hybridized carbons (Fsp3) is 0.417. The van der Waals surface area contributed by atoms with Gasteiger partial charge in [-0.2, -0.15) is 0 Å². The summed E-state index contributed by atoms with van der Waals surface area (Å²) in [6, 6.07) is 7.96. The monoisotopic (exact) mass is 233 g/mol. The third kappa shape index (κ3) is 2.40. The lowest BCUT2D eigenvalue weighted by Crippen LogP contribution is -2.34. The zero-order valence-electron chi connectivity index (χ0n) is 9.48.